The van der Waals surface area contributed by atoms with Crippen molar-refractivity contribution < 1.29 is 18.6 Å². The lowest BCUT2D eigenvalue weighted by Crippen LogP contribution is -2.30. The van der Waals surface area contributed by atoms with Gasteiger partial charge >= 0.3 is 0 Å². The van der Waals surface area contributed by atoms with E-state index >= 15 is 0 Å². The number of hydrogen-bond acceptors (Lipinski definition) is 2. The maximum atomic E-state index is 13.1. The Balaban J connectivity index is 0.000000293. The largest absolute Gasteiger partial charge is 0.486 e. The molecule has 0 amide bonds. The first-order valence-electron chi connectivity index (χ1n) is 13.7. The van der Waals surface area contributed by atoms with Gasteiger partial charge in [0.05, 0.1) is 6.10 Å². The summed E-state index contributed by atoms with van der Waals surface area (Å²) in [4.78, 5) is 0. The minimum Gasteiger partial charge on any atom is -0.486 e. The van der Waals surface area contributed by atoms with Gasteiger partial charge in [-0.05, 0) is 85.0 Å². The highest BCUT2D eigenvalue weighted by molar-refractivity contribution is 5.27. The van der Waals surface area contributed by atoms with Gasteiger partial charge in [0.15, 0.2) is 0 Å². The Kier molecular flexibility index (Phi) is 13.1. The van der Waals surface area contributed by atoms with Gasteiger partial charge in [0.1, 0.15) is 23.5 Å². The van der Waals surface area contributed by atoms with Gasteiger partial charge in [0.2, 0.25) is 0 Å². The lowest BCUT2D eigenvalue weighted by Gasteiger charge is -2.29. The van der Waals surface area contributed by atoms with Crippen LogP contribution in [0, 0.1) is 42.2 Å². The highest BCUT2D eigenvalue weighted by Crippen LogP contribution is 2.26. The third kappa shape index (κ3) is 10.8. The summed E-state index contributed by atoms with van der Waals surface area (Å²) in [6.45, 7) is 18.1. The molecule has 2 nitrogen and oxygen atoms in total. The summed E-state index contributed by atoms with van der Waals surface area (Å²) in [7, 11) is 0. The molecule has 0 aliphatic carbocycles. The number of halogens is 2. The van der Waals surface area contributed by atoms with Crippen LogP contribution in [-0.4, -0.2) is 17.3 Å². The summed E-state index contributed by atoms with van der Waals surface area (Å²) >= 11 is 0. The molecule has 0 bridgehead atoms. The average molecular weight is 535 g/mol. The molecule has 0 radical (unpaired) electrons. The van der Waals surface area contributed by atoms with E-state index in [0.717, 1.165) is 29.7 Å². The fourth-order valence-electron chi connectivity index (χ4n) is 4.53. The van der Waals surface area contributed by atoms with E-state index in [1.54, 1.807) is 18.2 Å². The Morgan fingerprint density at radius 1 is 0.692 bits per heavy atom. The van der Waals surface area contributed by atoms with Gasteiger partial charge in [-0.25, -0.2) is 8.78 Å². The third-order valence-corrected chi connectivity index (χ3v) is 7.11. The number of aliphatic hydroxyl groups is 1. The molecule has 0 spiro atoms. The molecule has 210 valence electrons. The molecule has 0 heterocycles. The van der Waals surface area contributed by atoms with Gasteiger partial charge in [0, 0.05) is 5.92 Å². The van der Waals surface area contributed by atoms with E-state index in [9.17, 15) is 13.9 Å². The van der Waals surface area contributed by atoms with Crippen LogP contribution in [0.25, 0.3) is 0 Å². The van der Waals surface area contributed by atoms with Gasteiger partial charge < -0.3 is 9.84 Å². The van der Waals surface area contributed by atoms with Crippen molar-refractivity contribution in [2.45, 2.75) is 59.7 Å². The smallest absolute Gasteiger partial charge is 0.123 e. The summed E-state index contributed by atoms with van der Waals surface area (Å²) < 4.78 is 32.0. The Bertz CT molecular complexity index is 1120. The fraction of sp³-hybridized carbons (Fsp3) is 0.371. The van der Waals surface area contributed by atoms with Crippen LogP contribution < -0.4 is 4.74 Å². The van der Waals surface area contributed by atoms with E-state index in [-0.39, 0.29) is 29.6 Å². The SMILES string of the molecule is C=C[C@H](O)[C@@H](Cc1ccc(F)cc1)C(C)C.C=C[C@H](Oc1ccc(C)cc1)[C@@H](Cc1ccc(F)cc1)C(C)C. The monoisotopic (exact) mass is 534 g/mol. The second-order valence-electron chi connectivity index (χ2n) is 10.8. The minimum atomic E-state index is -0.509. The lowest BCUT2D eigenvalue weighted by molar-refractivity contribution is 0.122. The zero-order valence-corrected chi connectivity index (χ0v) is 24.0. The van der Waals surface area contributed by atoms with Crippen LogP contribution in [0.15, 0.2) is 98.1 Å². The average Bonchev–Trinajstić information content (AvgIpc) is 2.92. The Hall–Kier alpha value is -3.24. The number of aliphatic hydroxyl groups excluding tert-OH is 1. The molecule has 0 aliphatic rings. The normalized spacial score (nSPS) is 14.1. The maximum Gasteiger partial charge on any atom is 0.123 e. The Morgan fingerprint density at radius 3 is 1.51 bits per heavy atom. The fourth-order valence-corrected chi connectivity index (χ4v) is 4.53. The summed E-state index contributed by atoms with van der Waals surface area (Å²) in [5.41, 5.74) is 3.37. The van der Waals surface area contributed by atoms with Crippen LogP contribution >= 0.6 is 0 Å². The van der Waals surface area contributed by atoms with E-state index in [2.05, 4.69) is 47.8 Å². The first-order chi connectivity index (χ1) is 18.5. The van der Waals surface area contributed by atoms with Crippen molar-refractivity contribution in [3.8, 4) is 5.75 Å². The zero-order valence-electron chi connectivity index (χ0n) is 24.0. The van der Waals surface area contributed by atoms with Crippen molar-refractivity contribution in [1.82, 2.24) is 0 Å². The van der Waals surface area contributed by atoms with Crippen LogP contribution in [0.4, 0.5) is 8.78 Å². The molecular formula is C35H44F2O2. The van der Waals surface area contributed by atoms with Crippen molar-refractivity contribution in [2.24, 2.45) is 23.7 Å². The Morgan fingerprint density at radius 2 is 1.13 bits per heavy atom. The summed E-state index contributed by atoms with van der Waals surface area (Å²) in [5.74, 6) is 1.61. The molecule has 1 N–H and O–H groups in total. The van der Waals surface area contributed by atoms with E-state index in [4.69, 9.17) is 4.74 Å². The van der Waals surface area contributed by atoms with E-state index in [1.165, 1.54) is 29.8 Å². The van der Waals surface area contributed by atoms with Crippen LogP contribution in [-0.2, 0) is 12.8 Å². The van der Waals surface area contributed by atoms with E-state index in [0.29, 0.717) is 11.8 Å². The topological polar surface area (TPSA) is 29.5 Å². The molecule has 3 aromatic rings. The molecule has 0 aliphatic heterocycles. The van der Waals surface area contributed by atoms with E-state index in [1.807, 2.05) is 42.5 Å². The summed E-state index contributed by atoms with van der Waals surface area (Å²) in [6.07, 6.45) is 4.42. The highest BCUT2D eigenvalue weighted by atomic mass is 19.1. The number of rotatable bonds is 12. The quantitative estimate of drug-likeness (QED) is 0.235. The molecule has 0 unspecified atom stereocenters. The molecule has 3 aromatic carbocycles. The van der Waals surface area contributed by atoms with Crippen molar-refractivity contribution in [1.29, 1.82) is 0 Å². The predicted octanol–water partition coefficient (Wildman–Crippen LogP) is 8.77. The molecule has 0 saturated heterocycles. The summed E-state index contributed by atoms with van der Waals surface area (Å²) in [5, 5.41) is 9.81. The first-order valence-corrected chi connectivity index (χ1v) is 13.7. The molecule has 3 rings (SSSR count). The third-order valence-electron chi connectivity index (χ3n) is 7.11. The van der Waals surface area contributed by atoms with Gasteiger partial charge in [-0.1, -0.05) is 88.4 Å². The predicted molar refractivity (Wildman–Crippen MR) is 159 cm³/mol. The van der Waals surface area contributed by atoms with E-state index < -0.39 is 6.10 Å². The van der Waals surface area contributed by atoms with Gasteiger partial charge in [-0.3, -0.25) is 0 Å². The second kappa shape index (κ2) is 16.0. The van der Waals surface area contributed by atoms with Crippen LogP contribution in [0.2, 0.25) is 0 Å². The minimum absolute atomic E-state index is 0.0808. The lowest BCUT2D eigenvalue weighted by atomic mass is 9.84. The van der Waals surface area contributed by atoms with Crippen molar-refractivity contribution in [2.75, 3.05) is 0 Å². The van der Waals surface area contributed by atoms with Gasteiger partial charge in [0.25, 0.3) is 0 Å². The second-order valence-corrected chi connectivity index (χ2v) is 10.8. The molecular weight excluding hydrogens is 490 g/mol. The van der Waals surface area contributed by atoms with Gasteiger partial charge in [-0.2, -0.15) is 0 Å². The van der Waals surface area contributed by atoms with Crippen molar-refractivity contribution >= 4 is 0 Å². The summed E-state index contributed by atoms with van der Waals surface area (Å²) in [6, 6.07) is 21.2. The maximum absolute atomic E-state index is 13.1. The zero-order chi connectivity index (χ0) is 28.9. The van der Waals surface area contributed by atoms with Crippen LogP contribution in [0.3, 0.4) is 0 Å². The van der Waals surface area contributed by atoms with Crippen LogP contribution in [0.1, 0.15) is 44.4 Å². The number of ether oxygens (including phenoxy) is 1. The molecule has 39 heavy (non-hydrogen) atoms. The number of aryl methyl sites for hydroxylation is 1. The van der Waals surface area contributed by atoms with Crippen LogP contribution in [0.5, 0.6) is 5.75 Å². The molecule has 0 fully saturated rings. The molecule has 0 saturated carbocycles. The number of hydrogen-bond donors (Lipinski definition) is 1. The van der Waals surface area contributed by atoms with Crippen molar-refractivity contribution in [3.05, 3.63) is 126 Å². The standard InChI is InChI=1S/C21H25FO.C14H19FO/c1-5-21(23-19-12-6-16(4)7-13-19)20(15(2)3)14-17-8-10-18(22)11-9-17;1-4-14(16)13(10(2)3)9-11-5-7-12(15)8-6-11/h5-13,15,20-21H,1,14H2,2-4H3;4-8,10,13-14,16H,1,9H2,2-3H3/t20-,21-;13-,14-/m00/s1. The Labute approximate surface area is 234 Å². The number of benzene rings is 3. The molecule has 4 heteroatoms. The first kappa shape index (κ1) is 32.0. The molecule has 4 atom stereocenters. The highest BCUT2D eigenvalue weighted by Gasteiger charge is 2.24. The van der Waals surface area contributed by atoms with Crippen molar-refractivity contribution in [3.63, 3.8) is 0 Å². The molecule has 0 aromatic heterocycles. The van der Waals surface area contributed by atoms with Gasteiger partial charge in [-0.15, -0.1) is 6.58 Å².